The van der Waals surface area contributed by atoms with Crippen LogP contribution >= 0.6 is 0 Å². The SMILES string of the molecule is COc1ccc(COc2ccc3c(c2)CN(C(=O)c2ccc(C(F)(F)F)nc2)CC3)nc1. The first kappa shape index (κ1) is 21.6. The summed E-state index contributed by atoms with van der Waals surface area (Å²) in [6.07, 6.45) is -1.30. The fraction of sp³-hybridized carbons (Fsp3) is 0.261. The Bertz CT molecular complexity index is 1100. The molecule has 2 aromatic heterocycles. The van der Waals surface area contributed by atoms with Crippen molar-refractivity contribution < 1.29 is 27.4 Å². The van der Waals surface area contributed by atoms with Crippen LogP contribution in [0.4, 0.5) is 13.2 Å². The van der Waals surface area contributed by atoms with Gasteiger partial charge in [-0.1, -0.05) is 6.07 Å². The maximum Gasteiger partial charge on any atom is 0.433 e. The lowest BCUT2D eigenvalue weighted by molar-refractivity contribution is -0.141. The topological polar surface area (TPSA) is 64.6 Å². The molecule has 1 aliphatic rings. The summed E-state index contributed by atoms with van der Waals surface area (Å²) in [6.45, 7) is 1.10. The molecule has 0 fully saturated rings. The van der Waals surface area contributed by atoms with Crippen LogP contribution in [0.5, 0.6) is 11.5 Å². The third-order valence-electron chi connectivity index (χ3n) is 5.20. The van der Waals surface area contributed by atoms with Crippen LogP contribution < -0.4 is 9.47 Å². The Morgan fingerprint density at radius 1 is 1.03 bits per heavy atom. The lowest BCUT2D eigenvalue weighted by Gasteiger charge is -2.29. The van der Waals surface area contributed by atoms with E-state index in [1.807, 2.05) is 24.3 Å². The molecule has 1 aromatic carbocycles. The molecule has 166 valence electrons. The quantitative estimate of drug-likeness (QED) is 0.589. The number of pyridine rings is 2. The normalized spacial score (nSPS) is 13.4. The third kappa shape index (κ3) is 4.82. The fourth-order valence-corrected chi connectivity index (χ4v) is 3.44. The number of alkyl halides is 3. The molecule has 1 amide bonds. The first-order valence-electron chi connectivity index (χ1n) is 9.89. The number of hydrogen-bond donors (Lipinski definition) is 0. The highest BCUT2D eigenvalue weighted by atomic mass is 19.4. The number of nitrogens with zero attached hydrogens (tertiary/aromatic N) is 3. The molecule has 0 saturated heterocycles. The summed E-state index contributed by atoms with van der Waals surface area (Å²) in [6, 6.07) is 11.3. The van der Waals surface area contributed by atoms with E-state index in [9.17, 15) is 18.0 Å². The second-order valence-electron chi connectivity index (χ2n) is 7.32. The molecule has 0 atom stereocenters. The predicted octanol–water partition coefficient (Wildman–Crippen LogP) is 4.28. The number of amides is 1. The average Bonchev–Trinajstić information content (AvgIpc) is 2.81. The van der Waals surface area contributed by atoms with Gasteiger partial charge in [-0.2, -0.15) is 13.2 Å². The van der Waals surface area contributed by atoms with Gasteiger partial charge in [0.2, 0.25) is 0 Å². The predicted molar refractivity (Wildman–Crippen MR) is 109 cm³/mol. The zero-order valence-corrected chi connectivity index (χ0v) is 17.2. The molecule has 0 N–H and O–H groups in total. The van der Waals surface area contributed by atoms with Crippen LogP contribution in [0.15, 0.2) is 54.9 Å². The lowest BCUT2D eigenvalue weighted by atomic mass is 9.99. The number of rotatable bonds is 5. The number of carbonyl (C=O) groups excluding carboxylic acids is 1. The molecule has 6 nitrogen and oxygen atoms in total. The zero-order valence-electron chi connectivity index (χ0n) is 17.2. The molecular weight excluding hydrogens is 423 g/mol. The van der Waals surface area contributed by atoms with Gasteiger partial charge in [-0.25, -0.2) is 0 Å². The van der Waals surface area contributed by atoms with Gasteiger partial charge in [0.25, 0.3) is 5.91 Å². The Hall–Kier alpha value is -3.62. The smallest absolute Gasteiger partial charge is 0.433 e. The highest BCUT2D eigenvalue weighted by molar-refractivity contribution is 5.94. The van der Waals surface area contributed by atoms with Crippen molar-refractivity contribution in [2.45, 2.75) is 25.7 Å². The van der Waals surface area contributed by atoms with Gasteiger partial charge >= 0.3 is 6.18 Å². The van der Waals surface area contributed by atoms with Crippen molar-refractivity contribution in [1.29, 1.82) is 0 Å². The minimum Gasteiger partial charge on any atom is -0.495 e. The molecule has 3 aromatic rings. The minimum absolute atomic E-state index is 0.124. The van der Waals surface area contributed by atoms with Gasteiger partial charge < -0.3 is 14.4 Å². The molecule has 32 heavy (non-hydrogen) atoms. The van der Waals surface area contributed by atoms with Crippen molar-refractivity contribution in [1.82, 2.24) is 14.9 Å². The van der Waals surface area contributed by atoms with Crippen LogP contribution in [0.1, 0.15) is 32.9 Å². The standard InChI is InChI=1S/C23H20F3N3O3/c1-31-20-6-4-18(27-12-20)14-32-19-5-2-15-8-9-29(13-17(15)10-19)22(30)16-3-7-21(28-11-16)23(24,25)26/h2-7,10-12H,8-9,13-14H2,1H3. The number of hydrogen-bond acceptors (Lipinski definition) is 5. The van der Waals surface area contributed by atoms with E-state index < -0.39 is 11.9 Å². The van der Waals surface area contributed by atoms with E-state index in [0.29, 0.717) is 31.0 Å². The van der Waals surface area contributed by atoms with E-state index in [1.165, 1.54) is 0 Å². The van der Waals surface area contributed by atoms with E-state index >= 15 is 0 Å². The van der Waals surface area contributed by atoms with Crippen molar-refractivity contribution in [2.75, 3.05) is 13.7 Å². The summed E-state index contributed by atoms with van der Waals surface area (Å²) in [5, 5.41) is 0. The summed E-state index contributed by atoms with van der Waals surface area (Å²) in [5.41, 5.74) is 1.89. The van der Waals surface area contributed by atoms with Crippen LogP contribution in [-0.2, 0) is 25.7 Å². The lowest BCUT2D eigenvalue weighted by Crippen LogP contribution is -2.36. The molecule has 4 rings (SSSR count). The highest BCUT2D eigenvalue weighted by Crippen LogP contribution is 2.28. The number of halogens is 3. The van der Waals surface area contributed by atoms with E-state index in [2.05, 4.69) is 9.97 Å². The molecule has 0 aliphatic carbocycles. The van der Waals surface area contributed by atoms with E-state index in [4.69, 9.17) is 9.47 Å². The first-order valence-corrected chi connectivity index (χ1v) is 9.89. The fourth-order valence-electron chi connectivity index (χ4n) is 3.44. The largest absolute Gasteiger partial charge is 0.495 e. The molecule has 0 spiro atoms. The molecule has 0 radical (unpaired) electrons. The molecule has 0 saturated carbocycles. The Morgan fingerprint density at radius 2 is 1.84 bits per heavy atom. The highest BCUT2D eigenvalue weighted by Gasteiger charge is 2.32. The minimum atomic E-state index is -4.54. The maximum absolute atomic E-state index is 12.8. The van der Waals surface area contributed by atoms with E-state index in [0.717, 1.165) is 35.2 Å². The van der Waals surface area contributed by atoms with Gasteiger partial charge in [-0.3, -0.25) is 14.8 Å². The molecule has 0 unspecified atom stereocenters. The van der Waals surface area contributed by atoms with Gasteiger partial charge in [0, 0.05) is 19.3 Å². The van der Waals surface area contributed by atoms with Crippen LogP contribution in [0, 0.1) is 0 Å². The number of methoxy groups -OCH3 is 1. The molecule has 3 heterocycles. The summed E-state index contributed by atoms with van der Waals surface area (Å²) in [7, 11) is 1.57. The summed E-state index contributed by atoms with van der Waals surface area (Å²) >= 11 is 0. The maximum atomic E-state index is 12.8. The Morgan fingerprint density at radius 3 is 2.50 bits per heavy atom. The number of ether oxygens (including phenoxy) is 2. The Balaban J connectivity index is 1.42. The number of benzene rings is 1. The van der Waals surface area contributed by atoms with Crippen molar-refractivity contribution in [3.63, 3.8) is 0 Å². The molecule has 9 heteroatoms. The van der Waals surface area contributed by atoms with Crippen LogP contribution in [-0.4, -0.2) is 34.4 Å². The van der Waals surface area contributed by atoms with E-state index in [-0.39, 0.29) is 18.1 Å². The van der Waals surface area contributed by atoms with Crippen LogP contribution in [0.25, 0.3) is 0 Å². The Kier molecular flexibility index (Phi) is 5.98. The number of fused-ring (bicyclic) bond motifs is 1. The molecular formula is C23H20F3N3O3. The van der Waals surface area contributed by atoms with E-state index in [1.54, 1.807) is 24.3 Å². The first-order chi connectivity index (χ1) is 15.3. The monoisotopic (exact) mass is 443 g/mol. The second kappa shape index (κ2) is 8.86. The van der Waals surface area contributed by atoms with Crippen LogP contribution in [0.3, 0.4) is 0 Å². The Labute approximate surface area is 182 Å². The van der Waals surface area contributed by atoms with Crippen molar-refractivity contribution in [3.8, 4) is 11.5 Å². The van der Waals surface area contributed by atoms with Crippen molar-refractivity contribution in [3.05, 3.63) is 82.9 Å². The molecule has 0 bridgehead atoms. The average molecular weight is 443 g/mol. The third-order valence-corrected chi connectivity index (χ3v) is 5.20. The summed E-state index contributed by atoms with van der Waals surface area (Å²) in [5.74, 6) is 0.952. The van der Waals surface area contributed by atoms with Gasteiger partial charge in [0.05, 0.1) is 24.6 Å². The van der Waals surface area contributed by atoms with Crippen molar-refractivity contribution >= 4 is 5.91 Å². The summed E-state index contributed by atoms with van der Waals surface area (Å²) < 4.78 is 49.0. The van der Waals surface area contributed by atoms with Gasteiger partial charge in [-0.05, 0) is 53.9 Å². The van der Waals surface area contributed by atoms with Crippen LogP contribution in [0.2, 0.25) is 0 Å². The van der Waals surface area contributed by atoms with Gasteiger partial charge in [-0.15, -0.1) is 0 Å². The summed E-state index contributed by atoms with van der Waals surface area (Å²) in [4.78, 5) is 22.0. The zero-order chi connectivity index (χ0) is 22.7. The second-order valence-corrected chi connectivity index (χ2v) is 7.32. The number of carbonyl (C=O) groups is 1. The van der Waals surface area contributed by atoms with Gasteiger partial charge in [0.15, 0.2) is 0 Å². The number of aromatic nitrogens is 2. The van der Waals surface area contributed by atoms with Gasteiger partial charge in [0.1, 0.15) is 23.8 Å². The molecule has 1 aliphatic heterocycles. The van der Waals surface area contributed by atoms with Crippen molar-refractivity contribution in [2.24, 2.45) is 0 Å².